The first kappa shape index (κ1) is 11.2. The second-order valence-electron chi connectivity index (χ2n) is 4.36. The van der Waals surface area contributed by atoms with Crippen molar-refractivity contribution in [3.05, 3.63) is 24.2 Å². The second kappa shape index (κ2) is 4.74. The minimum Gasteiger partial charge on any atom is -0.466 e. The molecular formula is C12H15NO3S. The summed E-state index contributed by atoms with van der Waals surface area (Å²) in [6.45, 7) is 1.52. The molecular weight excluding hydrogens is 238 g/mol. The molecule has 2 saturated heterocycles. The molecule has 0 radical (unpaired) electrons. The van der Waals surface area contributed by atoms with Gasteiger partial charge in [-0.1, -0.05) is 0 Å². The van der Waals surface area contributed by atoms with Gasteiger partial charge in [0.25, 0.3) is 0 Å². The summed E-state index contributed by atoms with van der Waals surface area (Å²) >= 11 is 1.63. The molecule has 0 unspecified atom stereocenters. The lowest BCUT2D eigenvalue weighted by Crippen LogP contribution is -2.35. The van der Waals surface area contributed by atoms with Gasteiger partial charge in [-0.05, 0) is 25.0 Å². The summed E-state index contributed by atoms with van der Waals surface area (Å²) in [7, 11) is 0. The van der Waals surface area contributed by atoms with Crippen molar-refractivity contribution in [1.29, 1.82) is 0 Å². The normalized spacial score (nSPS) is 29.2. The molecule has 0 spiro atoms. The molecule has 0 saturated carbocycles. The van der Waals surface area contributed by atoms with Crippen molar-refractivity contribution >= 4 is 17.7 Å². The topological polar surface area (TPSA) is 42.7 Å². The van der Waals surface area contributed by atoms with Gasteiger partial charge in [-0.3, -0.25) is 4.79 Å². The quantitative estimate of drug-likeness (QED) is 0.826. The van der Waals surface area contributed by atoms with E-state index < -0.39 is 0 Å². The molecule has 1 amide bonds. The second-order valence-corrected chi connectivity index (χ2v) is 5.43. The minimum absolute atomic E-state index is 0.0294. The highest BCUT2D eigenvalue weighted by Gasteiger charge is 2.36. The standard InChI is InChI=1S/C12H15NO3S/c14-11-8-17-12(10-4-2-6-16-10)13(11)7-9-3-1-5-15-9/h2,4,6,9,12H,1,3,5,7-8H2/t9-,12+/m0/s1. The molecule has 2 aliphatic heterocycles. The van der Waals surface area contributed by atoms with E-state index in [9.17, 15) is 4.79 Å². The Morgan fingerprint density at radius 3 is 3.18 bits per heavy atom. The van der Waals surface area contributed by atoms with Crippen molar-refractivity contribution in [2.45, 2.75) is 24.3 Å². The van der Waals surface area contributed by atoms with Crippen molar-refractivity contribution in [2.75, 3.05) is 18.9 Å². The van der Waals surface area contributed by atoms with E-state index in [4.69, 9.17) is 9.15 Å². The highest BCUT2D eigenvalue weighted by atomic mass is 32.2. The van der Waals surface area contributed by atoms with Crippen molar-refractivity contribution in [3.8, 4) is 0 Å². The molecule has 0 aliphatic carbocycles. The average molecular weight is 253 g/mol. The van der Waals surface area contributed by atoms with Gasteiger partial charge in [0.15, 0.2) is 0 Å². The number of hydrogen-bond donors (Lipinski definition) is 0. The summed E-state index contributed by atoms with van der Waals surface area (Å²) in [5, 5.41) is 0.0294. The number of rotatable bonds is 3. The Bertz CT molecular complexity index is 386. The lowest BCUT2D eigenvalue weighted by atomic mass is 10.2. The smallest absolute Gasteiger partial charge is 0.234 e. The van der Waals surface area contributed by atoms with E-state index >= 15 is 0 Å². The zero-order chi connectivity index (χ0) is 11.7. The van der Waals surface area contributed by atoms with Crippen LogP contribution in [0.5, 0.6) is 0 Å². The van der Waals surface area contributed by atoms with Crippen LogP contribution in [-0.2, 0) is 9.53 Å². The molecule has 2 atom stereocenters. The zero-order valence-corrected chi connectivity index (χ0v) is 10.3. The third-order valence-electron chi connectivity index (χ3n) is 3.18. The van der Waals surface area contributed by atoms with E-state index in [0.29, 0.717) is 12.3 Å². The molecule has 17 heavy (non-hydrogen) atoms. The maximum absolute atomic E-state index is 11.9. The fourth-order valence-electron chi connectivity index (χ4n) is 2.33. The Labute approximate surface area is 104 Å². The van der Waals surface area contributed by atoms with Crippen LogP contribution in [0.4, 0.5) is 0 Å². The molecule has 3 heterocycles. The van der Waals surface area contributed by atoms with E-state index in [1.54, 1.807) is 18.0 Å². The average Bonchev–Trinajstić information content (AvgIpc) is 3.03. The summed E-state index contributed by atoms with van der Waals surface area (Å²) in [6.07, 6.45) is 4.02. The Hall–Kier alpha value is -0.940. The predicted molar refractivity (Wildman–Crippen MR) is 64.6 cm³/mol. The van der Waals surface area contributed by atoms with Crippen LogP contribution in [0.1, 0.15) is 24.0 Å². The third kappa shape index (κ3) is 2.21. The molecule has 0 aromatic carbocycles. The number of nitrogens with zero attached hydrogens (tertiary/aromatic N) is 1. The Kier molecular flexibility index (Phi) is 3.11. The van der Waals surface area contributed by atoms with Gasteiger partial charge < -0.3 is 14.1 Å². The molecule has 0 N–H and O–H groups in total. The van der Waals surface area contributed by atoms with Gasteiger partial charge >= 0.3 is 0 Å². The molecule has 0 bridgehead atoms. The first-order chi connectivity index (χ1) is 8.34. The Morgan fingerprint density at radius 2 is 2.47 bits per heavy atom. The molecule has 5 heteroatoms. The van der Waals surface area contributed by atoms with Crippen LogP contribution < -0.4 is 0 Å². The zero-order valence-electron chi connectivity index (χ0n) is 9.50. The summed E-state index contributed by atoms with van der Waals surface area (Å²) in [6, 6.07) is 3.79. The van der Waals surface area contributed by atoms with Gasteiger partial charge in [-0.2, -0.15) is 0 Å². The Morgan fingerprint density at radius 1 is 1.53 bits per heavy atom. The van der Waals surface area contributed by atoms with Gasteiger partial charge in [0.2, 0.25) is 5.91 Å². The van der Waals surface area contributed by atoms with Gasteiger partial charge in [0, 0.05) is 13.2 Å². The fraction of sp³-hybridized carbons (Fsp3) is 0.583. The number of amides is 1. The van der Waals surface area contributed by atoms with Crippen LogP contribution >= 0.6 is 11.8 Å². The van der Waals surface area contributed by atoms with Crippen LogP contribution in [0.25, 0.3) is 0 Å². The van der Waals surface area contributed by atoms with Crippen molar-refractivity contribution in [2.24, 2.45) is 0 Å². The van der Waals surface area contributed by atoms with Gasteiger partial charge in [0.1, 0.15) is 11.1 Å². The van der Waals surface area contributed by atoms with Crippen LogP contribution in [-0.4, -0.2) is 35.8 Å². The molecule has 92 valence electrons. The van der Waals surface area contributed by atoms with Crippen LogP contribution in [0.3, 0.4) is 0 Å². The largest absolute Gasteiger partial charge is 0.466 e. The van der Waals surface area contributed by atoms with E-state index in [1.807, 2.05) is 17.0 Å². The summed E-state index contributed by atoms with van der Waals surface area (Å²) in [5.74, 6) is 1.59. The predicted octanol–water partition coefficient (Wildman–Crippen LogP) is 2.03. The summed E-state index contributed by atoms with van der Waals surface area (Å²) in [5.41, 5.74) is 0. The number of hydrogen-bond acceptors (Lipinski definition) is 4. The third-order valence-corrected chi connectivity index (χ3v) is 4.40. The highest BCUT2D eigenvalue weighted by molar-refractivity contribution is 8.00. The summed E-state index contributed by atoms with van der Waals surface area (Å²) in [4.78, 5) is 13.8. The molecule has 3 rings (SSSR count). The van der Waals surface area contributed by atoms with Crippen molar-refractivity contribution in [3.63, 3.8) is 0 Å². The van der Waals surface area contributed by atoms with Gasteiger partial charge in [-0.15, -0.1) is 11.8 Å². The van der Waals surface area contributed by atoms with E-state index in [1.165, 1.54) is 0 Å². The van der Waals surface area contributed by atoms with E-state index in [2.05, 4.69) is 0 Å². The van der Waals surface area contributed by atoms with Crippen molar-refractivity contribution < 1.29 is 13.9 Å². The van der Waals surface area contributed by atoms with Gasteiger partial charge in [-0.25, -0.2) is 0 Å². The number of carbonyl (C=O) groups excluding carboxylic acids is 1. The Balaban J connectivity index is 1.72. The number of thioether (sulfide) groups is 1. The highest BCUT2D eigenvalue weighted by Crippen LogP contribution is 2.39. The van der Waals surface area contributed by atoms with Crippen LogP contribution in [0.15, 0.2) is 22.8 Å². The lowest BCUT2D eigenvalue weighted by Gasteiger charge is -2.24. The monoisotopic (exact) mass is 253 g/mol. The van der Waals surface area contributed by atoms with Crippen LogP contribution in [0.2, 0.25) is 0 Å². The number of furan rings is 1. The molecule has 4 nitrogen and oxygen atoms in total. The lowest BCUT2D eigenvalue weighted by molar-refractivity contribution is -0.129. The summed E-state index contributed by atoms with van der Waals surface area (Å²) < 4.78 is 11.0. The SMILES string of the molecule is O=C1CS[C@H](c2ccco2)N1C[C@@H]1CCCO1. The number of carbonyl (C=O) groups is 1. The van der Waals surface area contributed by atoms with Crippen LogP contribution in [0, 0.1) is 0 Å². The molecule has 2 fully saturated rings. The minimum atomic E-state index is 0.0294. The molecule has 1 aromatic rings. The first-order valence-corrected chi connectivity index (χ1v) is 6.95. The van der Waals surface area contributed by atoms with E-state index in [0.717, 1.165) is 25.2 Å². The van der Waals surface area contributed by atoms with Gasteiger partial charge in [0.05, 0.1) is 18.1 Å². The molecule has 1 aromatic heterocycles. The maximum atomic E-state index is 11.9. The molecule has 2 aliphatic rings. The van der Waals surface area contributed by atoms with Crippen molar-refractivity contribution in [1.82, 2.24) is 4.90 Å². The maximum Gasteiger partial charge on any atom is 0.234 e. The first-order valence-electron chi connectivity index (χ1n) is 5.90. The number of ether oxygens (including phenoxy) is 1. The fourth-order valence-corrected chi connectivity index (χ4v) is 3.47. The van der Waals surface area contributed by atoms with E-state index in [-0.39, 0.29) is 17.4 Å².